The molecule has 15 heavy (non-hydrogen) atoms. The lowest BCUT2D eigenvalue weighted by Crippen LogP contribution is -2.42. The Labute approximate surface area is 89.0 Å². The Morgan fingerprint density at radius 3 is 2.80 bits per heavy atom. The maximum Gasteiger partial charge on any atom is 0.306 e. The van der Waals surface area contributed by atoms with Crippen molar-refractivity contribution in [3.8, 4) is 0 Å². The van der Waals surface area contributed by atoms with Gasteiger partial charge in [-0.2, -0.15) is 0 Å². The SMILES string of the molecule is O=C(O)C1CCC2C(C1)N=CN2C1CC1. The van der Waals surface area contributed by atoms with Crippen LogP contribution >= 0.6 is 0 Å². The zero-order valence-corrected chi connectivity index (χ0v) is 8.67. The zero-order chi connectivity index (χ0) is 10.4. The Balaban J connectivity index is 1.69. The number of carbonyl (C=O) groups is 1. The van der Waals surface area contributed by atoms with Gasteiger partial charge >= 0.3 is 5.97 Å². The minimum Gasteiger partial charge on any atom is -0.481 e. The second-order valence-corrected chi connectivity index (χ2v) is 4.93. The van der Waals surface area contributed by atoms with E-state index in [9.17, 15) is 4.79 Å². The number of nitrogens with zero attached hydrogens (tertiary/aromatic N) is 2. The molecule has 0 aromatic heterocycles. The number of aliphatic carboxylic acids is 1. The Hall–Kier alpha value is -1.06. The standard InChI is InChI=1S/C11H16N2O2/c14-11(15)7-1-4-10-9(5-7)12-6-13(10)8-2-3-8/h6-10H,1-5H2,(H,14,15). The molecule has 0 aromatic carbocycles. The van der Waals surface area contributed by atoms with Crippen molar-refractivity contribution in [1.82, 2.24) is 4.90 Å². The average Bonchev–Trinajstić information content (AvgIpc) is 2.98. The van der Waals surface area contributed by atoms with Gasteiger partial charge in [0, 0.05) is 6.04 Å². The molecule has 0 spiro atoms. The van der Waals surface area contributed by atoms with Crippen LogP contribution in [0, 0.1) is 5.92 Å². The summed E-state index contributed by atoms with van der Waals surface area (Å²) in [7, 11) is 0. The van der Waals surface area contributed by atoms with Gasteiger partial charge in [0.25, 0.3) is 0 Å². The van der Waals surface area contributed by atoms with E-state index < -0.39 is 5.97 Å². The van der Waals surface area contributed by atoms with Crippen molar-refractivity contribution in [2.45, 2.75) is 50.2 Å². The highest BCUT2D eigenvalue weighted by atomic mass is 16.4. The summed E-state index contributed by atoms with van der Waals surface area (Å²) in [5, 5.41) is 8.98. The number of carboxylic acids is 1. The van der Waals surface area contributed by atoms with Crippen molar-refractivity contribution in [3.05, 3.63) is 0 Å². The lowest BCUT2D eigenvalue weighted by Gasteiger charge is -2.33. The lowest BCUT2D eigenvalue weighted by molar-refractivity contribution is -0.143. The molecule has 2 aliphatic carbocycles. The molecule has 1 aliphatic heterocycles. The Morgan fingerprint density at radius 2 is 2.13 bits per heavy atom. The molecule has 3 unspecified atom stereocenters. The van der Waals surface area contributed by atoms with Crippen molar-refractivity contribution < 1.29 is 9.90 Å². The largest absolute Gasteiger partial charge is 0.481 e. The molecule has 0 radical (unpaired) electrons. The highest BCUT2D eigenvalue weighted by molar-refractivity contribution is 5.70. The first-order valence-electron chi connectivity index (χ1n) is 5.79. The summed E-state index contributed by atoms with van der Waals surface area (Å²) >= 11 is 0. The fourth-order valence-electron chi connectivity index (χ4n) is 2.85. The summed E-state index contributed by atoms with van der Waals surface area (Å²) in [6.45, 7) is 0. The highest BCUT2D eigenvalue weighted by Crippen LogP contribution is 2.38. The molecule has 3 atom stereocenters. The molecule has 0 bridgehead atoms. The van der Waals surface area contributed by atoms with Crippen LogP contribution in [0.2, 0.25) is 0 Å². The molecule has 1 N–H and O–H groups in total. The van der Waals surface area contributed by atoms with E-state index >= 15 is 0 Å². The molecule has 0 saturated heterocycles. The predicted molar refractivity (Wildman–Crippen MR) is 55.9 cm³/mol. The number of aliphatic imine (C=N–C) groups is 1. The summed E-state index contributed by atoms with van der Waals surface area (Å²) in [5.41, 5.74) is 0. The first-order chi connectivity index (χ1) is 7.25. The van der Waals surface area contributed by atoms with Crippen LogP contribution in [-0.2, 0) is 4.79 Å². The lowest BCUT2D eigenvalue weighted by atomic mass is 9.82. The van der Waals surface area contributed by atoms with E-state index in [1.807, 2.05) is 6.34 Å². The van der Waals surface area contributed by atoms with Crippen molar-refractivity contribution >= 4 is 12.3 Å². The van der Waals surface area contributed by atoms with Crippen LogP contribution in [0.5, 0.6) is 0 Å². The topological polar surface area (TPSA) is 52.9 Å². The molecule has 3 aliphatic rings. The molecule has 0 aromatic rings. The third-order valence-corrected chi connectivity index (χ3v) is 3.87. The molecule has 0 amide bonds. The Bertz CT molecular complexity index is 312. The van der Waals surface area contributed by atoms with Gasteiger partial charge < -0.3 is 10.0 Å². The first kappa shape index (κ1) is 9.19. The molecule has 1 heterocycles. The van der Waals surface area contributed by atoms with Crippen LogP contribution in [0.1, 0.15) is 32.1 Å². The average molecular weight is 208 g/mol. The highest BCUT2D eigenvalue weighted by Gasteiger charge is 2.43. The van der Waals surface area contributed by atoms with Gasteiger partial charge in [-0.05, 0) is 32.1 Å². The smallest absolute Gasteiger partial charge is 0.306 e. The van der Waals surface area contributed by atoms with E-state index in [4.69, 9.17) is 5.11 Å². The van der Waals surface area contributed by atoms with E-state index in [-0.39, 0.29) is 12.0 Å². The van der Waals surface area contributed by atoms with Gasteiger partial charge in [0.2, 0.25) is 0 Å². The number of carboxylic acid groups (broad SMARTS) is 1. The van der Waals surface area contributed by atoms with Crippen molar-refractivity contribution in [1.29, 1.82) is 0 Å². The van der Waals surface area contributed by atoms with Gasteiger partial charge in [-0.15, -0.1) is 0 Å². The van der Waals surface area contributed by atoms with Crippen LogP contribution < -0.4 is 0 Å². The minimum atomic E-state index is -0.645. The van der Waals surface area contributed by atoms with Gasteiger partial charge in [0.1, 0.15) is 0 Å². The molecule has 4 heteroatoms. The van der Waals surface area contributed by atoms with Gasteiger partial charge in [-0.3, -0.25) is 9.79 Å². The van der Waals surface area contributed by atoms with Crippen molar-refractivity contribution in [2.24, 2.45) is 10.9 Å². The predicted octanol–water partition coefficient (Wildman–Crippen LogP) is 1.11. The van der Waals surface area contributed by atoms with Gasteiger partial charge in [-0.25, -0.2) is 0 Å². The molecular formula is C11H16N2O2. The number of fused-ring (bicyclic) bond motifs is 1. The molecule has 3 rings (SSSR count). The Morgan fingerprint density at radius 1 is 1.33 bits per heavy atom. The summed E-state index contributed by atoms with van der Waals surface area (Å²) in [6.07, 6.45) is 7.10. The van der Waals surface area contributed by atoms with Gasteiger partial charge in [0.15, 0.2) is 0 Å². The van der Waals surface area contributed by atoms with Crippen LogP contribution in [0.15, 0.2) is 4.99 Å². The second kappa shape index (κ2) is 3.22. The summed E-state index contributed by atoms with van der Waals surface area (Å²) in [6, 6.07) is 1.47. The van der Waals surface area contributed by atoms with Crippen molar-refractivity contribution in [2.75, 3.05) is 0 Å². The van der Waals surface area contributed by atoms with Crippen LogP contribution in [0.25, 0.3) is 0 Å². The third kappa shape index (κ3) is 1.52. The summed E-state index contributed by atoms with van der Waals surface area (Å²) in [4.78, 5) is 17.8. The molecular weight excluding hydrogens is 192 g/mol. The van der Waals surface area contributed by atoms with Crippen LogP contribution in [0.4, 0.5) is 0 Å². The number of hydrogen-bond donors (Lipinski definition) is 1. The molecule has 2 saturated carbocycles. The molecule has 4 nitrogen and oxygen atoms in total. The molecule has 82 valence electrons. The van der Waals surface area contributed by atoms with Crippen LogP contribution in [-0.4, -0.2) is 40.4 Å². The second-order valence-electron chi connectivity index (χ2n) is 4.93. The van der Waals surface area contributed by atoms with E-state index in [1.165, 1.54) is 12.8 Å². The zero-order valence-electron chi connectivity index (χ0n) is 8.67. The number of hydrogen-bond acceptors (Lipinski definition) is 3. The maximum atomic E-state index is 10.9. The minimum absolute atomic E-state index is 0.164. The monoisotopic (exact) mass is 208 g/mol. The van der Waals surface area contributed by atoms with E-state index in [0.717, 1.165) is 19.3 Å². The fourth-order valence-corrected chi connectivity index (χ4v) is 2.85. The van der Waals surface area contributed by atoms with Crippen molar-refractivity contribution in [3.63, 3.8) is 0 Å². The van der Waals surface area contributed by atoms with Gasteiger partial charge in [0.05, 0.1) is 24.3 Å². The third-order valence-electron chi connectivity index (χ3n) is 3.87. The van der Waals surface area contributed by atoms with E-state index in [2.05, 4.69) is 9.89 Å². The fraction of sp³-hybridized carbons (Fsp3) is 0.818. The summed E-state index contributed by atoms with van der Waals surface area (Å²) < 4.78 is 0. The van der Waals surface area contributed by atoms with E-state index in [1.54, 1.807) is 0 Å². The van der Waals surface area contributed by atoms with Gasteiger partial charge in [-0.1, -0.05) is 0 Å². The normalized spacial score (nSPS) is 39.2. The summed E-state index contributed by atoms with van der Waals surface area (Å²) in [5.74, 6) is -0.809. The van der Waals surface area contributed by atoms with E-state index in [0.29, 0.717) is 12.1 Å². The Kier molecular flexibility index (Phi) is 1.97. The quantitative estimate of drug-likeness (QED) is 0.739. The first-order valence-corrected chi connectivity index (χ1v) is 5.79. The number of rotatable bonds is 2. The van der Waals surface area contributed by atoms with Crippen LogP contribution in [0.3, 0.4) is 0 Å². The molecule has 2 fully saturated rings. The maximum absolute atomic E-state index is 10.9.